The number of hydrogen-bond acceptors (Lipinski definition) is 6. The Kier molecular flexibility index (Phi) is 5.04. The summed E-state index contributed by atoms with van der Waals surface area (Å²) in [5.41, 5.74) is 6.76. The standard InChI is InChI=1S/C14H21N5OS/c1-3-4-17-13(20)12-11(16)10(9-15)14(21-12)19-7-5-18(2)6-8-19/h3-8,16H2,1-2H3,(H,17,20). The number of nitrogens with two attached hydrogens (primary N) is 1. The summed E-state index contributed by atoms with van der Waals surface area (Å²) in [5.74, 6) is -0.184. The highest BCUT2D eigenvalue weighted by molar-refractivity contribution is 7.19. The van der Waals surface area contributed by atoms with Crippen LogP contribution in [-0.2, 0) is 0 Å². The van der Waals surface area contributed by atoms with Crippen LogP contribution in [0.25, 0.3) is 0 Å². The van der Waals surface area contributed by atoms with Crippen molar-refractivity contribution in [2.45, 2.75) is 13.3 Å². The number of nitriles is 1. The molecule has 0 atom stereocenters. The van der Waals surface area contributed by atoms with Gasteiger partial charge in [0.15, 0.2) is 0 Å². The fourth-order valence-corrected chi connectivity index (χ4v) is 3.40. The number of likely N-dealkylation sites (N-methyl/N-ethyl adjacent to an activating group) is 1. The number of nitrogen functional groups attached to an aromatic ring is 1. The van der Waals surface area contributed by atoms with Gasteiger partial charge in [-0.2, -0.15) is 5.26 Å². The molecule has 21 heavy (non-hydrogen) atoms. The van der Waals surface area contributed by atoms with Crippen LogP contribution in [0, 0.1) is 11.3 Å². The van der Waals surface area contributed by atoms with Crippen molar-refractivity contribution in [2.24, 2.45) is 0 Å². The second-order valence-electron chi connectivity index (χ2n) is 5.18. The van der Waals surface area contributed by atoms with Gasteiger partial charge in [-0.1, -0.05) is 6.92 Å². The second kappa shape index (κ2) is 6.78. The number of carbonyl (C=O) groups excluding carboxylic acids is 1. The molecule has 1 aromatic heterocycles. The lowest BCUT2D eigenvalue weighted by atomic mass is 10.2. The van der Waals surface area contributed by atoms with E-state index < -0.39 is 0 Å². The Labute approximate surface area is 129 Å². The summed E-state index contributed by atoms with van der Waals surface area (Å²) in [7, 11) is 2.08. The van der Waals surface area contributed by atoms with Crippen LogP contribution >= 0.6 is 11.3 Å². The predicted octanol–water partition coefficient (Wildman–Crippen LogP) is 1.09. The van der Waals surface area contributed by atoms with Crippen molar-refractivity contribution in [3.8, 4) is 6.07 Å². The number of amides is 1. The Hall–Kier alpha value is -1.78. The van der Waals surface area contributed by atoms with E-state index in [1.165, 1.54) is 11.3 Å². The minimum atomic E-state index is -0.184. The van der Waals surface area contributed by atoms with Gasteiger partial charge < -0.3 is 20.9 Å². The SMILES string of the molecule is CCCNC(=O)c1sc(N2CCN(C)CC2)c(C#N)c1N. The summed E-state index contributed by atoms with van der Waals surface area (Å²) in [4.78, 5) is 17.0. The zero-order chi connectivity index (χ0) is 15.4. The normalized spacial score (nSPS) is 15.8. The van der Waals surface area contributed by atoms with Gasteiger partial charge in [0.1, 0.15) is 21.5 Å². The number of carbonyl (C=O) groups is 1. The smallest absolute Gasteiger partial charge is 0.263 e. The summed E-state index contributed by atoms with van der Waals surface area (Å²) >= 11 is 1.32. The van der Waals surface area contributed by atoms with Gasteiger partial charge in [-0.05, 0) is 13.5 Å². The van der Waals surface area contributed by atoms with Crippen molar-refractivity contribution in [2.75, 3.05) is 50.4 Å². The Morgan fingerprint density at radius 1 is 1.43 bits per heavy atom. The molecule has 1 aliphatic heterocycles. The topological polar surface area (TPSA) is 85.4 Å². The molecule has 1 fully saturated rings. The van der Waals surface area contributed by atoms with Gasteiger partial charge in [0.2, 0.25) is 0 Å². The highest BCUT2D eigenvalue weighted by Crippen LogP contribution is 2.38. The molecule has 0 spiro atoms. The lowest BCUT2D eigenvalue weighted by molar-refractivity contribution is 0.0958. The van der Waals surface area contributed by atoms with Crippen molar-refractivity contribution >= 4 is 27.9 Å². The molecule has 3 N–H and O–H groups in total. The van der Waals surface area contributed by atoms with Gasteiger partial charge in [-0.3, -0.25) is 4.79 Å². The zero-order valence-electron chi connectivity index (χ0n) is 12.5. The molecule has 7 heteroatoms. The summed E-state index contributed by atoms with van der Waals surface area (Å²) in [6.45, 7) is 6.19. The van der Waals surface area contributed by atoms with Crippen LogP contribution in [0.15, 0.2) is 0 Å². The minimum absolute atomic E-state index is 0.184. The second-order valence-corrected chi connectivity index (χ2v) is 6.18. The first-order valence-corrected chi connectivity index (χ1v) is 7.94. The molecular formula is C14H21N5OS. The molecule has 0 unspecified atom stereocenters. The van der Waals surface area contributed by atoms with E-state index in [1.807, 2.05) is 6.92 Å². The molecule has 2 rings (SSSR count). The van der Waals surface area contributed by atoms with E-state index in [0.717, 1.165) is 37.6 Å². The Morgan fingerprint density at radius 3 is 2.67 bits per heavy atom. The van der Waals surface area contributed by atoms with Gasteiger partial charge in [-0.25, -0.2) is 0 Å². The third kappa shape index (κ3) is 3.28. The van der Waals surface area contributed by atoms with Crippen molar-refractivity contribution < 1.29 is 4.79 Å². The maximum absolute atomic E-state index is 12.1. The predicted molar refractivity (Wildman–Crippen MR) is 85.8 cm³/mol. The monoisotopic (exact) mass is 307 g/mol. The fourth-order valence-electron chi connectivity index (χ4n) is 2.26. The van der Waals surface area contributed by atoms with Gasteiger partial charge in [0.05, 0.1) is 5.69 Å². The van der Waals surface area contributed by atoms with Crippen molar-refractivity contribution in [3.63, 3.8) is 0 Å². The van der Waals surface area contributed by atoms with Crippen LogP contribution in [0.2, 0.25) is 0 Å². The van der Waals surface area contributed by atoms with E-state index >= 15 is 0 Å². The van der Waals surface area contributed by atoms with Gasteiger partial charge in [0, 0.05) is 32.7 Å². The molecule has 1 saturated heterocycles. The third-order valence-electron chi connectivity index (χ3n) is 3.57. The number of anilines is 2. The molecule has 0 radical (unpaired) electrons. The summed E-state index contributed by atoms with van der Waals surface area (Å²) in [6.07, 6.45) is 0.868. The number of nitrogens with zero attached hydrogens (tertiary/aromatic N) is 3. The first-order valence-electron chi connectivity index (χ1n) is 7.12. The Morgan fingerprint density at radius 2 is 2.10 bits per heavy atom. The average Bonchev–Trinajstić information content (AvgIpc) is 2.82. The molecule has 0 aromatic carbocycles. The zero-order valence-corrected chi connectivity index (χ0v) is 13.3. The van der Waals surface area contributed by atoms with Crippen LogP contribution in [0.5, 0.6) is 0 Å². The van der Waals surface area contributed by atoms with E-state index in [2.05, 4.69) is 28.2 Å². The van der Waals surface area contributed by atoms with E-state index in [1.54, 1.807) is 0 Å². The largest absolute Gasteiger partial charge is 0.396 e. The molecule has 6 nitrogen and oxygen atoms in total. The van der Waals surface area contributed by atoms with Crippen LogP contribution in [0.1, 0.15) is 28.6 Å². The van der Waals surface area contributed by atoms with E-state index in [-0.39, 0.29) is 5.91 Å². The third-order valence-corrected chi connectivity index (χ3v) is 4.84. The average molecular weight is 307 g/mol. The first-order chi connectivity index (χ1) is 10.1. The van der Waals surface area contributed by atoms with Crippen LogP contribution in [-0.4, -0.2) is 50.6 Å². The van der Waals surface area contributed by atoms with Crippen LogP contribution < -0.4 is 16.0 Å². The lowest BCUT2D eigenvalue weighted by Crippen LogP contribution is -2.44. The minimum Gasteiger partial charge on any atom is -0.396 e. The molecule has 2 heterocycles. The van der Waals surface area contributed by atoms with E-state index in [0.29, 0.717) is 22.7 Å². The number of nitrogens with one attached hydrogen (secondary N) is 1. The summed E-state index contributed by atoms with van der Waals surface area (Å²) in [6, 6.07) is 2.15. The lowest BCUT2D eigenvalue weighted by Gasteiger charge is -2.33. The molecule has 0 bridgehead atoms. The van der Waals surface area contributed by atoms with Gasteiger partial charge in [0.25, 0.3) is 5.91 Å². The Bertz CT molecular complexity index is 554. The molecule has 0 saturated carbocycles. The molecular weight excluding hydrogens is 286 g/mol. The first kappa shape index (κ1) is 15.6. The van der Waals surface area contributed by atoms with E-state index in [9.17, 15) is 10.1 Å². The van der Waals surface area contributed by atoms with Gasteiger partial charge in [-0.15, -0.1) is 11.3 Å². The molecule has 1 aliphatic rings. The summed E-state index contributed by atoms with van der Waals surface area (Å²) in [5, 5.41) is 13.0. The quantitative estimate of drug-likeness (QED) is 0.870. The van der Waals surface area contributed by atoms with Crippen molar-refractivity contribution in [3.05, 3.63) is 10.4 Å². The van der Waals surface area contributed by atoms with Gasteiger partial charge >= 0.3 is 0 Å². The summed E-state index contributed by atoms with van der Waals surface area (Å²) < 4.78 is 0. The highest BCUT2D eigenvalue weighted by Gasteiger charge is 2.25. The van der Waals surface area contributed by atoms with Crippen LogP contribution in [0.3, 0.4) is 0 Å². The molecule has 114 valence electrons. The Balaban J connectivity index is 2.26. The maximum atomic E-state index is 12.1. The number of piperazine rings is 1. The number of thiophene rings is 1. The number of hydrogen-bond donors (Lipinski definition) is 2. The maximum Gasteiger partial charge on any atom is 0.263 e. The molecule has 1 amide bonds. The molecule has 1 aromatic rings. The van der Waals surface area contributed by atoms with Crippen molar-refractivity contribution in [1.82, 2.24) is 10.2 Å². The molecule has 0 aliphatic carbocycles. The van der Waals surface area contributed by atoms with Crippen molar-refractivity contribution in [1.29, 1.82) is 5.26 Å². The fraction of sp³-hybridized carbons (Fsp3) is 0.571. The highest BCUT2D eigenvalue weighted by atomic mass is 32.1. The van der Waals surface area contributed by atoms with E-state index in [4.69, 9.17) is 5.73 Å². The number of rotatable bonds is 4. The van der Waals surface area contributed by atoms with Crippen LogP contribution in [0.4, 0.5) is 10.7 Å².